The van der Waals surface area contributed by atoms with E-state index in [9.17, 15) is 0 Å². The van der Waals surface area contributed by atoms with E-state index in [2.05, 4.69) is 283 Å². The van der Waals surface area contributed by atoms with Crippen LogP contribution in [0.1, 0.15) is 99.9 Å². The Morgan fingerprint density at radius 3 is 1.55 bits per heavy atom. The quantitative estimate of drug-likeness (QED) is 0.167. The zero-order chi connectivity index (χ0) is 50.5. The monoisotopic (exact) mass is 952 g/mol. The van der Waals surface area contributed by atoms with E-state index < -0.39 is 5.41 Å². The molecular weight excluding hydrogens is 893 g/mol. The van der Waals surface area contributed by atoms with Crippen molar-refractivity contribution in [1.29, 1.82) is 0 Å². The summed E-state index contributed by atoms with van der Waals surface area (Å²) in [7, 11) is 0. The molecule has 1 heterocycles. The molecule has 11 aromatic rings. The SMILES string of the molecule is CC(C)(C)c1ccc2c(c1)C1(c3ccccc3-c3ccc(N(c4ccc5c(c4)c4ccccc4n5-c4ccccc4)c4ccccc4-c4cccc5c4-c4ccccc4C5(C)C)cc31)c1cc(C(C)(C)C)ccc1-2. The van der Waals surface area contributed by atoms with E-state index in [4.69, 9.17) is 0 Å². The molecule has 0 amide bonds. The average Bonchev–Trinajstić information content (AvgIpc) is 4.09. The van der Waals surface area contributed by atoms with E-state index in [1.54, 1.807) is 0 Å². The minimum atomic E-state index is -0.553. The van der Waals surface area contributed by atoms with Gasteiger partial charge in [0.25, 0.3) is 0 Å². The number of aromatic nitrogens is 1. The molecule has 0 fully saturated rings. The Kier molecular flexibility index (Phi) is 9.41. The highest BCUT2D eigenvalue weighted by molar-refractivity contribution is 6.11. The van der Waals surface area contributed by atoms with Crippen LogP contribution in [0.5, 0.6) is 0 Å². The van der Waals surface area contributed by atoms with Crippen LogP contribution in [0.25, 0.3) is 72.0 Å². The van der Waals surface area contributed by atoms with Crippen molar-refractivity contribution in [3.8, 4) is 50.2 Å². The molecule has 0 atom stereocenters. The lowest BCUT2D eigenvalue weighted by Gasteiger charge is -2.34. The maximum Gasteiger partial charge on any atom is 0.0726 e. The second-order valence-electron chi connectivity index (χ2n) is 23.7. The minimum absolute atomic E-state index is 0.0412. The van der Waals surface area contributed by atoms with Gasteiger partial charge in [0, 0.05) is 38.8 Å². The van der Waals surface area contributed by atoms with Gasteiger partial charge in [-0.3, -0.25) is 0 Å². The standard InChI is InChI=1S/C72H60N2/c1-69(2,3)45-33-37-51-52-38-34-46(70(4,5)6)42-63(52)72(62(51)41-45)60-29-17-12-23-50(60)53-39-35-49(44-64(53)72)73(48-36-40-67-58(43-48)55-25-15-19-32-66(55)74(67)47-21-10-9-11-22-47)65-31-18-14-24-54(65)56-27-20-30-61-68(56)57-26-13-16-28-59(57)71(61,7)8/h9-44H,1-8H3. The molecule has 0 bridgehead atoms. The summed E-state index contributed by atoms with van der Waals surface area (Å²) in [5, 5.41) is 2.45. The van der Waals surface area contributed by atoms with Gasteiger partial charge in [0.2, 0.25) is 0 Å². The van der Waals surface area contributed by atoms with Crippen molar-refractivity contribution in [2.45, 2.75) is 77.0 Å². The van der Waals surface area contributed by atoms with Crippen molar-refractivity contribution in [1.82, 2.24) is 4.57 Å². The first-order chi connectivity index (χ1) is 35.7. The van der Waals surface area contributed by atoms with E-state index in [0.717, 1.165) is 22.7 Å². The molecule has 0 aliphatic heterocycles. The molecule has 2 heteroatoms. The van der Waals surface area contributed by atoms with E-state index >= 15 is 0 Å². The lowest BCUT2D eigenvalue weighted by atomic mass is 9.68. The Morgan fingerprint density at radius 1 is 0.351 bits per heavy atom. The highest BCUT2D eigenvalue weighted by Crippen LogP contribution is 2.64. The van der Waals surface area contributed by atoms with Crippen LogP contribution in [0.3, 0.4) is 0 Å². The Morgan fingerprint density at radius 2 is 0.851 bits per heavy atom. The second kappa shape index (κ2) is 15.7. The van der Waals surface area contributed by atoms with Crippen LogP contribution in [-0.4, -0.2) is 4.57 Å². The van der Waals surface area contributed by atoms with Gasteiger partial charge < -0.3 is 9.47 Å². The maximum absolute atomic E-state index is 2.57. The molecular formula is C72H60N2. The van der Waals surface area contributed by atoms with E-state index in [0.29, 0.717) is 0 Å². The van der Waals surface area contributed by atoms with Crippen LogP contribution in [-0.2, 0) is 21.7 Å². The van der Waals surface area contributed by atoms with Crippen LogP contribution in [0.2, 0.25) is 0 Å². The number of rotatable bonds is 5. The summed E-state index contributed by atoms with van der Waals surface area (Å²) in [5.74, 6) is 0. The highest BCUT2D eigenvalue weighted by atomic mass is 15.1. The van der Waals surface area contributed by atoms with Crippen molar-refractivity contribution in [2.75, 3.05) is 4.90 Å². The smallest absolute Gasteiger partial charge is 0.0726 e. The largest absolute Gasteiger partial charge is 0.310 e. The molecule has 0 saturated carbocycles. The number of nitrogens with zero attached hydrogens (tertiary/aromatic N) is 2. The fraction of sp³-hybridized carbons (Fsp3) is 0.167. The Bertz CT molecular complexity index is 4070. The fourth-order valence-electron chi connectivity index (χ4n) is 13.5. The summed E-state index contributed by atoms with van der Waals surface area (Å²) in [4.78, 5) is 2.57. The first-order valence-corrected chi connectivity index (χ1v) is 26.5. The van der Waals surface area contributed by atoms with Gasteiger partial charge in [0.15, 0.2) is 0 Å². The zero-order valence-corrected chi connectivity index (χ0v) is 43.7. The number of fused-ring (bicyclic) bond motifs is 16. The Hall–Kier alpha value is -8.20. The molecule has 3 aliphatic rings. The van der Waals surface area contributed by atoms with Crippen LogP contribution in [0.15, 0.2) is 218 Å². The van der Waals surface area contributed by atoms with Gasteiger partial charge in [0.1, 0.15) is 0 Å². The summed E-state index contributed by atoms with van der Waals surface area (Å²) in [5.41, 5.74) is 27.3. The van der Waals surface area contributed by atoms with Gasteiger partial charge in [0.05, 0.1) is 22.1 Å². The fourth-order valence-corrected chi connectivity index (χ4v) is 13.5. The van der Waals surface area contributed by atoms with Crippen molar-refractivity contribution in [3.05, 3.63) is 263 Å². The normalized spacial score (nSPS) is 14.4. The summed E-state index contributed by atoms with van der Waals surface area (Å²) < 4.78 is 2.42. The first kappa shape index (κ1) is 44.5. The van der Waals surface area contributed by atoms with Gasteiger partial charge in [-0.05, 0) is 149 Å². The molecule has 0 N–H and O–H groups in total. The van der Waals surface area contributed by atoms with Gasteiger partial charge in [-0.1, -0.05) is 219 Å². The van der Waals surface area contributed by atoms with Gasteiger partial charge in [-0.25, -0.2) is 0 Å². The molecule has 3 aliphatic carbocycles. The highest BCUT2D eigenvalue weighted by Gasteiger charge is 2.52. The third kappa shape index (κ3) is 6.18. The van der Waals surface area contributed by atoms with Crippen LogP contribution in [0, 0.1) is 0 Å². The summed E-state index contributed by atoms with van der Waals surface area (Å²) in [6.07, 6.45) is 0. The van der Waals surface area contributed by atoms with Gasteiger partial charge >= 0.3 is 0 Å². The molecule has 1 spiro atoms. The predicted molar refractivity (Wildman–Crippen MR) is 312 cm³/mol. The molecule has 10 aromatic carbocycles. The third-order valence-electron chi connectivity index (χ3n) is 17.1. The van der Waals surface area contributed by atoms with E-state index in [1.165, 1.54) is 111 Å². The number of hydrogen-bond acceptors (Lipinski definition) is 1. The third-order valence-corrected chi connectivity index (χ3v) is 17.1. The van der Waals surface area contributed by atoms with Crippen molar-refractivity contribution >= 4 is 38.9 Å². The number of anilines is 3. The van der Waals surface area contributed by atoms with Crippen molar-refractivity contribution < 1.29 is 0 Å². The molecule has 74 heavy (non-hydrogen) atoms. The number of benzene rings is 10. The topological polar surface area (TPSA) is 8.17 Å². The lowest BCUT2D eigenvalue weighted by molar-refractivity contribution is 0.586. The molecule has 1 aromatic heterocycles. The van der Waals surface area contributed by atoms with Crippen LogP contribution in [0.4, 0.5) is 17.1 Å². The molecule has 0 unspecified atom stereocenters. The Labute approximate surface area is 436 Å². The zero-order valence-electron chi connectivity index (χ0n) is 43.7. The number of para-hydroxylation sites is 3. The number of hydrogen-bond donors (Lipinski definition) is 0. The first-order valence-electron chi connectivity index (χ1n) is 26.5. The molecule has 0 saturated heterocycles. The van der Waals surface area contributed by atoms with Crippen LogP contribution < -0.4 is 4.90 Å². The molecule has 2 nitrogen and oxygen atoms in total. The predicted octanol–water partition coefficient (Wildman–Crippen LogP) is 19.2. The van der Waals surface area contributed by atoms with Crippen molar-refractivity contribution in [2.24, 2.45) is 0 Å². The molecule has 14 rings (SSSR count). The summed E-state index contributed by atoms with van der Waals surface area (Å²) in [6.45, 7) is 18.9. The van der Waals surface area contributed by atoms with Crippen molar-refractivity contribution in [3.63, 3.8) is 0 Å². The van der Waals surface area contributed by atoms with Gasteiger partial charge in [-0.15, -0.1) is 0 Å². The van der Waals surface area contributed by atoms with E-state index in [1.807, 2.05) is 0 Å². The maximum atomic E-state index is 2.57. The average molecular weight is 953 g/mol. The molecule has 0 radical (unpaired) electrons. The Balaban J connectivity index is 1.08. The summed E-state index contributed by atoms with van der Waals surface area (Å²) in [6, 6.07) is 83.4. The molecule has 358 valence electrons. The van der Waals surface area contributed by atoms with Gasteiger partial charge in [-0.2, -0.15) is 0 Å². The van der Waals surface area contributed by atoms with Crippen LogP contribution >= 0.6 is 0 Å². The minimum Gasteiger partial charge on any atom is -0.310 e. The summed E-state index contributed by atoms with van der Waals surface area (Å²) >= 11 is 0. The van der Waals surface area contributed by atoms with E-state index in [-0.39, 0.29) is 16.2 Å². The lowest BCUT2D eigenvalue weighted by Crippen LogP contribution is -2.27. The second-order valence-corrected chi connectivity index (χ2v) is 23.7.